The number of likely N-dealkylation sites (tertiary alicyclic amines) is 1. The molecular weight excluding hydrogens is 409 g/mol. The fraction of sp³-hybridized carbons (Fsp3) is 0.667. The van der Waals surface area contributed by atoms with Crippen molar-refractivity contribution in [3.63, 3.8) is 0 Å². The lowest BCUT2D eigenvalue weighted by atomic mass is 10.0. The predicted octanol–water partition coefficient (Wildman–Crippen LogP) is 1.14. The molecule has 3 heterocycles. The molecular formula is C24H36FN5O2. The number of nitrogens with zero attached hydrogens (tertiary/aromatic N) is 4. The van der Waals surface area contributed by atoms with Gasteiger partial charge in [-0.15, -0.1) is 0 Å². The molecule has 1 aromatic carbocycles. The number of halogens is 1. The molecule has 2 amide bonds. The Kier molecular flexibility index (Phi) is 7.75. The maximum absolute atomic E-state index is 14.1. The van der Waals surface area contributed by atoms with Gasteiger partial charge in [0.15, 0.2) is 0 Å². The van der Waals surface area contributed by atoms with Crippen molar-refractivity contribution >= 4 is 11.8 Å². The maximum atomic E-state index is 14.1. The number of hydrogen-bond donors (Lipinski definition) is 1. The van der Waals surface area contributed by atoms with Crippen molar-refractivity contribution in [1.29, 1.82) is 0 Å². The highest BCUT2D eigenvalue weighted by atomic mass is 19.1. The van der Waals surface area contributed by atoms with E-state index >= 15 is 0 Å². The lowest BCUT2D eigenvalue weighted by molar-refractivity contribution is -0.140. The number of piperidine rings is 1. The van der Waals surface area contributed by atoms with E-state index in [1.165, 1.54) is 6.07 Å². The molecule has 1 N–H and O–H groups in total. The number of benzene rings is 1. The van der Waals surface area contributed by atoms with Crippen molar-refractivity contribution in [2.45, 2.75) is 44.8 Å². The van der Waals surface area contributed by atoms with Crippen molar-refractivity contribution in [1.82, 2.24) is 24.9 Å². The molecule has 3 aliphatic rings. The Balaban J connectivity index is 1.30. The van der Waals surface area contributed by atoms with Gasteiger partial charge >= 0.3 is 0 Å². The number of carbonyl (C=O) groups is 2. The van der Waals surface area contributed by atoms with Gasteiger partial charge in [-0.05, 0) is 25.5 Å². The number of nitrogens with one attached hydrogen (secondary N) is 1. The van der Waals surface area contributed by atoms with Crippen LogP contribution in [-0.4, -0.2) is 102 Å². The zero-order chi connectivity index (χ0) is 22.5. The maximum Gasteiger partial charge on any atom is 0.237 e. The normalized spacial score (nSPS) is 24.5. The first-order valence-electron chi connectivity index (χ1n) is 12.0. The Hall–Kier alpha value is -2.03. The average Bonchev–Trinajstić information content (AvgIpc) is 2.83. The van der Waals surface area contributed by atoms with E-state index in [0.717, 1.165) is 58.7 Å². The van der Waals surface area contributed by atoms with Crippen LogP contribution in [0.15, 0.2) is 24.3 Å². The predicted molar refractivity (Wildman–Crippen MR) is 122 cm³/mol. The van der Waals surface area contributed by atoms with E-state index in [4.69, 9.17) is 0 Å². The second-order valence-corrected chi connectivity index (χ2v) is 9.16. The van der Waals surface area contributed by atoms with Gasteiger partial charge in [0.05, 0.1) is 12.5 Å². The number of likely N-dealkylation sites (N-methyl/N-ethyl adjacent to an activating group) is 1. The molecule has 0 aliphatic carbocycles. The summed E-state index contributed by atoms with van der Waals surface area (Å²) < 4.78 is 14.1. The summed E-state index contributed by atoms with van der Waals surface area (Å²) in [4.78, 5) is 34.6. The van der Waals surface area contributed by atoms with Crippen LogP contribution in [-0.2, 0) is 16.1 Å². The van der Waals surface area contributed by atoms with Crippen LogP contribution in [0, 0.1) is 5.82 Å². The molecule has 7 nitrogen and oxygen atoms in total. The zero-order valence-corrected chi connectivity index (χ0v) is 19.1. The number of piperazine rings is 2. The van der Waals surface area contributed by atoms with Gasteiger partial charge < -0.3 is 15.1 Å². The second kappa shape index (κ2) is 10.7. The van der Waals surface area contributed by atoms with Crippen molar-refractivity contribution in [2.75, 3.05) is 58.9 Å². The first-order valence-corrected chi connectivity index (χ1v) is 12.0. The first-order chi connectivity index (χ1) is 15.5. The van der Waals surface area contributed by atoms with Crippen molar-refractivity contribution in [2.24, 2.45) is 0 Å². The van der Waals surface area contributed by atoms with Crippen LogP contribution >= 0.6 is 0 Å². The van der Waals surface area contributed by atoms with Crippen molar-refractivity contribution in [3.8, 4) is 0 Å². The van der Waals surface area contributed by atoms with Crippen LogP contribution in [0.1, 0.15) is 31.7 Å². The van der Waals surface area contributed by atoms with Gasteiger partial charge in [-0.1, -0.05) is 25.1 Å². The topological polar surface area (TPSA) is 59.1 Å². The number of rotatable bonds is 6. The largest absolute Gasteiger partial charge is 0.353 e. The Morgan fingerprint density at radius 2 is 1.78 bits per heavy atom. The van der Waals surface area contributed by atoms with Gasteiger partial charge in [0.2, 0.25) is 11.8 Å². The summed E-state index contributed by atoms with van der Waals surface area (Å²) >= 11 is 0. The van der Waals surface area contributed by atoms with Crippen molar-refractivity contribution < 1.29 is 14.0 Å². The summed E-state index contributed by atoms with van der Waals surface area (Å²) in [6.07, 6.45) is 2.14. The van der Waals surface area contributed by atoms with Crippen LogP contribution in [0.25, 0.3) is 0 Å². The summed E-state index contributed by atoms with van der Waals surface area (Å²) in [6.45, 7) is 10.8. The van der Waals surface area contributed by atoms with Crippen LogP contribution < -0.4 is 5.32 Å². The number of carbonyl (C=O) groups excluding carboxylic acids is 2. The minimum atomic E-state index is -0.546. The molecule has 0 bridgehead atoms. The third-order valence-electron chi connectivity index (χ3n) is 7.33. The lowest BCUT2D eigenvalue weighted by Gasteiger charge is -2.43. The Labute approximate surface area is 190 Å². The zero-order valence-electron chi connectivity index (χ0n) is 19.1. The molecule has 3 saturated heterocycles. The molecule has 0 spiro atoms. The molecule has 8 heteroatoms. The fourth-order valence-corrected chi connectivity index (χ4v) is 5.24. The highest BCUT2D eigenvalue weighted by Gasteiger charge is 2.35. The smallest absolute Gasteiger partial charge is 0.237 e. The minimum absolute atomic E-state index is 0.0276. The third kappa shape index (κ3) is 5.47. The highest BCUT2D eigenvalue weighted by molar-refractivity contribution is 5.88. The molecule has 3 fully saturated rings. The van der Waals surface area contributed by atoms with Crippen LogP contribution in [0.2, 0.25) is 0 Å². The average molecular weight is 446 g/mol. The molecule has 0 aromatic heterocycles. The quantitative estimate of drug-likeness (QED) is 0.712. The van der Waals surface area contributed by atoms with Gasteiger partial charge in [-0.3, -0.25) is 19.4 Å². The van der Waals surface area contributed by atoms with E-state index in [0.29, 0.717) is 31.2 Å². The summed E-state index contributed by atoms with van der Waals surface area (Å²) in [5, 5.41) is 2.87. The van der Waals surface area contributed by atoms with E-state index < -0.39 is 6.04 Å². The van der Waals surface area contributed by atoms with Gasteiger partial charge in [-0.25, -0.2) is 4.39 Å². The lowest BCUT2D eigenvalue weighted by Crippen LogP contribution is -2.57. The third-order valence-corrected chi connectivity index (χ3v) is 7.33. The van der Waals surface area contributed by atoms with Gasteiger partial charge in [0.25, 0.3) is 0 Å². The van der Waals surface area contributed by atoms with Crippen LogP contribution in [0.3, 0.4) is 0 Å². The van der Waals surface area contributed by atoms with E-state index in [1.54, 1.807) is 18.2 Å². The number of amides is 2. The molecule has 1 unspecified atom stereocenters. The van der Waals surface area contributed by atoms with Crippen LogP contribution in [0.4, 0.5) is 4.39 Å². The summed E-state index contributed by atoms with van der Waals surface area (Å²) in [6, 6.07) is 6.65. The van der Waals surface area contributed by atoms with E-state index in [1.807, 2.05) is 9.80 Å². The molecule has 0 radical (unpaired) electrons. The van der Waals surface area contributed by atoms with Gasteiger partial charge in [0.1, 0.15) is 5.82 Å². The van der Waals surface area contributed by atoms with Gasteiger partial charge in [0, 0.05) is 70.5 Å². The monoisotopic (exact) mass is 445 g/mol. The molecule has 1 atom stereocenters. The Morgan fingerprint density at radius 3 is 2.47 bits per heavy atom. The summed E-state index contributed by atoms with van der Waals surface area (Å²) in [5.41, 5.74) is 0.559. The van der Waals surface area contributed by atoms with E-state index in [9.17, 15) is 14.0 Å². The molecule has 1 aromatic rings. The Morgan fingerprint density at radius 1 is 1.06 bits per heavy atom. The van der Waals surface area contributed by atoms with Crippen molar-refractivity contribution in [3.05, 3.63) is 35.6 Å². The standard InChI is InChI=1S/C24H36FN5O2/c1-2-27-13-15-28(16-14-27)20-7-10-29(11-8-20)23(31)17-22-24(32)26-9-12-30(22)18-19-5-3-4-6-21(19)25/h3-6,20,22H,2,7-18H2,1H3,(H,26,32). The number of hydrogen-bond acceptors (Lipinski definition) is 5. The summed E-state index contributed by atoms with van der Waals surface area (Å²) in [7, 11) is 0. The molecule has 176 valence electrons. The first kappa shape index (κ1) is 23.1. The highest BCUT2D eigenvalue weighted by Crippen LogP contribution is 2.21. The van der Waals surface area contributed by atoms with Gasteiger partial charge in [-0.2, -0.15) is 0 Å². The SMILES string of the molecule is CCN1CCN(C2CCN(C(=O)CC3C(=O)NCCN3Cc3ccccc3F)CC2)CC1. The van der Waals surface area contributed by atoms with E-state index in [-0.39, 0.29) is 24.1 Å². The molecule has 0 saturated carbocycles. The molecule has 32 heavy (non-hydrogen) atoms. The Bertz CT molecular complexity index is 790. The molecule has 4 rings (SSSR count). The minimum Gasteiger partial charge on any atom is -0.353 e. The molecule has 3 aliphatic heterocycles. The fourth-order valence-electron chi connectivity index (χ4n) is 5.24. The van der Waals surface area contributed by atoms with Crippen LogP contribution in [0.5, 0.6) is 0 Å². The second-order valence-electron chi connectivity index (χ2n) is 9.16. The summed E-state index contributed by atoms with van der Waals surface area (Å²) in [5.74, 6) is -0.380. The van der Waals surface area contributed by atoms with E-state index in [2.05, 4.69) is 22.0 Å².